The Morgan fingerprint density at radius 3 is 2.76 bits per heavy atom. The number of nitriles is 1. The van der Waals surface area contributed by atoms with Crippen molar-refractivity contribution in [3.63, 3.8) is 0 Å². The van der Waals surface area contributed by atoms with E-state index < -0.39 is 0 Å². The molecule has 2 aliphatic carbocycles. The summed E-state index contributed by atoms with van der Waals surface area (Å²) in [5.41, 5.74) is -0.0119. The fourth-order valence-electron chi connectivity index (χ4n) is 4.14. The number of aliphatic hydroxyl groups is 1. The minimum Gasteiger partial charge on any atom is -0.396 e. The first-order valence-electron chi connectivity index (χ1n) is 7.25. The summed E-state index contributed by atoms with van der Waals surface area (Å²) in [6.45, 7) is 2.55. The molecular formula is C15H25NO. The molecule has 2 heteroatoms. The highest BCUT2D eigenvalue weighted by molar-refractivity contribution is 5.04. The van der Waals surface area contributed by atoms with Gasteiger partial charge in [-0.15, -0.1) is 0 Å². The van der Waals surface area contributed by atoms with Crippen LogP contribution in [0.5, 0.6) is 0 Å². The van der Waals surface area contributed by atoms with E-state index in [4.69, 9.17) is 0 Å². The van der Waals surface area contributed by atoms with E-state index in [1.54, 1.807) is 0 Å². The first-order chi connectivity index (χ1) is 8.23. The van der Waals surface area contributed by atoms with E-state index in [0.29, 0.717) is 12.5 Å². The van der Waals surface area contributed by atoms with Crippen LogP contribution in [0.4, 0.5) is 0 Å². The Bertz CT molecular complexity index is 296. The zero-order chi connectivity index (χ0) is 12.3. The maximum absolute atomic E-state index is 9.47. The molecule has 0 amide bonds. The van der Waals surface area contributed by atoms with E-state index in [0.717, 1.165) is 37.5 Å². The van der Waals surface area contributed by atoms with Gasteiger partial charge in [-0.1, -0.05) is 13.3 Å². The van der Waals surface area contributed by atoms with Crippen molar-refractivity contribution in [3.05, 3.63) is 0 Å². The molecule has 17 heavy (non-hydrogen) atoms. The fraction of sp³-hybridized carbons (Fsp3) is 0.933. The molecule has 0 radical (unpaired) electrons. The maximum atomic E-state index is 9.47. The normalized spacial score (nSPS) is 41.6. The molecule has 0 saturated heterocycles. The van der Waals surface area contributed by atoms with Crippen LogP contribution in [0.1, 0.15) is 58.3 Å². The van der Waals surface area contributed by atoms with E-state index in [1.807, 2.05) is 0 Å². The third kappa shape index (κ3) is 2.65. The van der Waals surface area contributed by atoms with Gasteiger partial charge in [0.1, 0.15) is 0 Å². The Morgan fingerprint density at radius 1 is 1.29 bits per heavy atom. The quantitative estimate of drug-likeness (QED) is 0.813. The van der Waals surface area contributed by atoms with Gasteiger partial charge in [-0.25, -0.2) is 0 Å². The Balaban J connectivity index is 1.99. The summed E-state index contributed by atoms with van der Waals surface area (Å²) < 4.78 is 0. The third-order valence-electron chi connectivity index (χ3n) is 5.12. The van der Waals surface area contributed by atoms with Crippen molar-refractivity contribution >= 4 is 0 Å². The van der Waals surface area contributed by atoms with Crippen LogP contribution >= 0.6 is 0 Å². The average Bonchev–Trinajstić information content (AvgIpc) is 2.38. The lowest BCUT2D eigenvalue weighted by atomic mass is 9.59. The lowest BCUT2D eigenvalue weighted by Crippen LogP contribution is -2.37. The smallest absolute Gasteiger partial charge is 0.0689 e. The third-order valence-corrected chi connectivity index (χ3v) is 5.12. The molecule has 0 aromatic rings. The number of nitrogens with zero attached hydrogens (tertiary/aromatic N) is 1. The van der Waals surface area contributed by atoms with Crippen LogP contribution in [0.15, 0.2) is 0 Å². The van der Waals surface area contributed by atoms with Crippen molar-refractivity contribution in [1.29, 1.82) is 5.26 Å². The second-order valence-corrected chi connectivity index (χ2v) is 6.27. The van der Waals surface area contributed by atoms with Gasteiger partial charge in [0.25, 0.3) is 0 Å². The molecule has 0 bridgehead atoms. The van der Waals surface area contributed by atoms with Crippen LogP contribution in [0, 0.1) is 34.5 Å². The summed E-state index contributed by atoms with van der Waals surface area (Å²) >= 11 is 0. The lowest BCUT2D eigenvalue weighted by Gasteiger charge is -2.45. The summed E-state index contributed by atoms with van der Waals surface area (Å²) in [5.74, 6) is 2.09. The molecule has 2 nitrogen and oxygen atoms in total. The van der Waals surface area contributed by atoms with Gasteiger partial charge in [-0.3, -0.25) is 0 Å². The number of rotatable bonds is 3. The molecular weight excluding hydrogens is 210 g/mol. The first-order valence-corrected chi connectivity index (χ1v) is 7.25. The summed E-state index contributed by atoms with van der Waals surface area (Å²) in [7, 11) is 0. The van der Waals surface area contributed by atoms with Crippen molar-refractivity contribution in [2.24, 2.45) is 23.2 Å². The molecule has 2 rings (SSSR count). The molecule has 0 aliphatic heterocycles. The van der Waals surface area contributed by atoms with E-state index in [1.165, 1.54) is 25.7 Å². The van der Waals surface area contributed by atoms with Crippen LogP contribution < -0.4 is 0 Å². The molecule has 1 N–H and O–H groups in total. The minimum atomic E-state index is -0.0119. The highest BCUT2D eigenvalue weighted by atomic mass is 16.3. The van der Waals surface area contributed by atoms with Crippen LogP contribution in [-0.4, -0.2) is 11.7 Å². The highest BCUT2D eigenvalue weighted by Crippen LogP contribution is 2.50. The van der Waals surface area contributed by atoms with Crippen molar-refractivity contribution in [3.8, 4) is 6.07 Å². The standard InChI is InChI=1S/C15H25NO/c1-2-6-15(11-16)7-5-13-8-12(10-17)3-4-14(13)9-15/h12-14,17H,2-10H2,1H3. The second kappa shape index (κ2) is 5.40. The average molecular weight is 235 g/mol. The zero-order valence-electron chi connectivity index (χ0n) is 11.0. The Kier molecular flexibility index (Phi) is 4.09. The molecule has 0 heterocycles. The van der Waals surface area contributed by atoms with Gasteiger partial charge >= 0.3 is 0 Å². The van der Waals surface area contributed by atoms with Gasteiger partial charge in [0.2, 0.25) is 0 Å². The van der Waals surface area contributed by atoms with Crippen molar-refractivity contribution in [2.45, 2.75) is 58.3 Å². The number of hydrogen-bond donors (Lipinski definition) is 1. The van der Waals surface area contributed by atoms with Gasteiger partial charge in [-0.05, 0) is 62.7 Å². The molecule has 4 unspecified atom stereocenters. The van der Waals surface area contributed by atoms with Crippen molar-refractivity contribution in [1.82, 2.24) is 0 Å². The van der Waals surface area contributed by atoms with Gasteiger partial charge in [0.05, 0.1) is 11.5 Å². The minimum absolute atomic E-state index is 0.0119. The van der Waals surface area contributed by atoms with Crippen LogP contribution in [0.3, 0.4) is 0 Å². The van der Waals surface area contributed by atoms with E-state index in [2.05, 4.69) is 13.0 Å². The SMILES string of the molecule is CCCC1(C#N)CCC2CC(CO)CCC2C1. The van der Waals surface area contributed by atoms with E-state index in [9.17, 15) is 10.4 Å². The topological polar surface area (TPSA) is 44.0 Å². The largest absolute Gasteiger partial charge is 0.396 e. The van der Waals surface area contributed by atoms with Crippen molar-refractivity contribution in [2.75, 3.05) is 6.61 Å². The Hall–Kier alpha value is -0.550. The highest BCUT2D eigenvalue weighted by Gasteiger charge is 2.42. The molecule has 96 valence electrons. The summed E-state index contributed by atoms with van der Waals surface area (Å²) in [6.07, 6.45) is 9.26. The second-order valence-electron chi connectivity index (χ2n) is 6.27. The van der Waals surface area contributed by atoms with Gasteiger partial charge in [0, 0.05) is 6.61 Å². The molecule has 0 spiro atoms. The first kappa shape index (κ1) is 12.9. The molecule has 2 fully saturated rings. The molecule has 2 saturated carbocycles. The number of aliphatic hydroxyl groups excluding tert-OH is 1. The van der Waals surface area contributed by atoms with Gasteiger partial charge in [-0.2, -0.15) is 5.26 Å². The van der Waals surface area contributed by atoms with Gasteiger partial charge < -0.3 is 5.11 Å². The Labute approximate surface area is 105 Å². The molecule has 0 aromatic heterocycles. The van der Waals surface area contributed by atoms with Crippen LogP contribution in [0.2, 0.25) is 0 Å². The van der Waals surface area contributed by atoms with Crippen molar-refractivity contribution < 1.29 is 5.11 Å². The number of fused-ring (bicyclic) bond motifs is 1. The Morgan fingerprint density at radius 2 is 2.12 bits per heavy atom. The summed E-state index contributed by atoms with van der Waals surface area (Å²) in [6, 6.07) is 2.63. The lowest BCUT2D eigenvalue weighted by molar-refractivity contribution is 0.0478. The molecule has 4 atom stereocenters. The molecule has 2 aliphatic rings. The maximum Gasteiger partial charge on any atom is 0.0689 e. The predicted octanol–water partition coefficient (Wildman–Crippen LogP) is 3.51. The predicted molar refractivity (Wildman–Crippen MR) is 68.2 cm³/mol. The number of hydrogen-bond acceptors (Lipinski definition) is 2. The molecule has 0 aromatic carbocycles. The van der Waals surface area contributed by atoms with Gasteiger partial charge in [0.15, 0.2) is 0 Å². The summed E-state index contributed by atoms with van der Waals surface area (Å²) in [4.78, 5) is 0. The van der Waals surface area contributed by atoms with E-state index >= 15 is 0 Å². The van der Waals surface area contributed by atoms with Crippen LogP contribution in [0.25, 0.3) is 0 Å². The monoisotopic (exact) mass is 235 g/mol. The zero-order valence-corrected chi connectivity index (χ0v) is 11.0. The van der Waals surface area contributed by atoms with E-state index in [-0.39, 0.29) is 5.41 Å². The van der Waals surface area contributed by atoms with Crippen LogP contribution in [-0.2, 0) is 0 Å². The fourth-order valence-corrected chi connectivity index (χ4v) is 4.14. The summed E-state index contributed by atoms with van der Waals surface area (Å²) in [5, 5.41) is 18.7.